The van der Waals surface area contributed by atoms with E-state index in [4.69, 9.17) is 0 Å². The summed E-state index contributed by atoms with van der Waals surface area (Å²) in [7, 11) is 0. The van der Waals surface area contributed by atoms with Crippen molar-refractivity contribution in [3.05, 3.63) is 52.4 Å². The maximum absolute atomic E-state index is 4.65. The summed E-state index contributed by atoms with van der Waals surface area (Å²) >= 11 is 3.48. The summed E-state index contributed by atoms with van der Waals surface area (Å²) in [6.45, 7) is 4.19. The number of aromatic nitrogens is 2. The number of nitrogens with zero attached hydrogens (tertiary/aromatic N) is 3. The molecule has 0 amide bonds. The van der Waals surface area contributed by atoms with Crippen LogP contribution in [-0.4, -0.2) is 23.1 Å². The Labute approximate surface area is 128 Å². The van der Waals surface area contributed by atoms with Gasteiger partial charge in [-0.25, -0.2) is 9.97 Å². The van der Waals surface area contributed by atoms with Gasteiger partial charge in [0.2, 0.25) is 0 Å². The number of anilines is 1. The highest BCUT2D eigenvalue weighted by Crippen LogP contribution is 2.30. The normalized spacial score (nSPS) is 18.5. The van der Waals surface area contributed by atoms with Gasteiger partial charge in [0.15, 0.2) is 0 Å². The summed E-state index contributed by atoms with van der Waals surface area (Å²) in [5.74, 6) is 2.55. The van der Waals surface area contributed by atoms with Crippen LogP contribution in [0.15, 0.2) is 41.0 Å². The van der Waals surface area contributed by atoms with Gasteiger partial charge in [-0.3, -0.25) is 0 Å². The first kappa shape index (κ1) is 13.6. The molecule has 1 atom stereocenters. The Morgan fingerprint density at radius 2 is 2.05 bits per heavy atom. The van der Waals surface area contributed by atoms with Crippen LogP contribution in [0.5, 0.6) is 0 Å². The minimum atomic E-state index is 0.606. The molecule has 0 aliphatic carbocycles. The van der Waals surface area contributed by atoms with Crippen molar-refractivity contribution < 1.29 is 0 Å². The average Bonchev–Trinajstić information content (AvgIpc) is 2.97. The third-order valence-corrected chi connectivity index (χ3v) is 4.23. The fraction of sp³-hybridized carbons (Fsp3) is 0.375. The van der Waals surface area contributed by atoms with Gasteiger partial charge in [-0.2, -0.15) is 0 Å². The molecule has 1 unspecified atom stereocenters. The van der Waals surface area contributed by atoms with Crippen molar-refractivity contribution in [2.45, 2.75) is 25.7 Å². The van der Waals surface area contributed by atoms with Crippen LogP contribution in [-0.2, 0) is 6.42 Å². The molecule has 0 N–H and O–H groups in total. The van der Waals surface area contributed by atoms with Crippen LogP contribution in [0.25, 0.3) is 0 Å². The lowest BCUT2D eigenvalue weighted by atomic mass is 9.99. The molecule has 4 heteroatoms. The minimum Gasteiger partial charge on any atom is -0.356 e. The fourth-order valence-electron chi connectivity index (χ4n) is 2.74. The summed E-state index contributed by atoms with van der Waals surface area (Å²) < 4.78 is 0.877. The molecule has 0 bridgehead atoms. The van der Waals surface area contributed by atoms with Crippen molar-refractivity contribution in [3.8, 4) is 0 Å². The molecular weight excluding hydrogens is 314 g/mol. The predicted molar refractivity (Wildman–Crippen MR) is 85.1 cm³/mol. The van der Waals surface area contributed by atoms with E-state index in [9.17, 15) is 0 Å². The van der Waals surface area contributed by atoms with Gasteiger partial charge in [0.25, 0.3) is 0 Å². The zero-order chi connectivity index (χ0) is 13.9. The average molecular weight is 332 g/mol. The molecule has 1 aromatic carbocycles. The molecule has 1 fully saturated rings. The molecular formula is C16H18BrN3. The van der Waals surface area contributed by atoms with Crippen LogP contribution in [0.3, 0.4) is 0 Å². The summed E-state index contributed by atoms with van der Waals surface area (Å²) in [4.78, 5) is 11.4. The van der Waals surface area contributed by atoms with Crippen LogP contribution >= 0.6 is 15.9 Å². The van der Waals surface area contributed by atoms with Crippen molar-refractivity contribution in [1.29, 1.82) is 0 Å². The second-order valence-corrected chi connectivity index (χ2v) is 5.97. The third-order valence-electron chi connectivity index (χ3n) is 3.83. The molecule has 0 spiro atoms. The van der Waals surface area contributed by atoms with Gasteiger partial charge in [-0.15, -0.1) is 0 Å². The highest BCUT2D eigenvalue weighted by atomic mass is 79.9. The Morgan fingerprint density at radius 1 is 1.25 bits per heavy atom. The summed E-state index contributed by atoms with van der Waals surface area (Å²) in [5, 5.41) is 0. The van der Waals surface area contributed by atoms with Crippen molar-refractivity contribution in [1.82, 2.24) is 9.97 Å². The van der Waals surface area contributed by atoms with E-state index in [1.807, 2.05) is 6.07 Å². The van der Waals surface area contributed by atoms with E-state index in [2.05, 4.69) is 68.1 Å². The van der Waals surface area contributed by atoms with E-state index in [0.717, 1.165) is 35.8 Å². The van der Waals surface area contributed by atoms with E-state index >= 15 is 0 Å². The molecule has 0 saturated carbocycles. The van der Waals surface area contributed by atoms with E-state index in [1.165, 1.54) is 12.0 Å². The molecule has 3 rings (SSSR count). The molecule has 104 valence electrons. The van der Waals surface area contributed by atoms with E-state index in [0.29, 0.717) is 5.92 Å². The van der Waals surface area contributed by atoms with E-state index in [-0.39, 0.29) is 0 Å². The van der Waals surface area contributed by atoms with E-state index < -0.39 is 0 Å². The molecule has 2 aromatic rings. The first-order valence-electron chi connectivity index (χ1n) is 7.09. The highest BCUT2D eigenvalue weighted by Gasteiger charge is 2.25. The largest absolute Gasteiger partial charge is 0.356 e. The van der Waals surface area contributed by atoms with Gasteiger partial charge in [-0.05, 0) is 27.9 Å². The van der Waals surface area contributed by atoms with Gasteiger partial charge in [0, 0.05) is 31.5 Å². The highest BCUT2D eigenvalue weighted by molar-refractivity contribution is 9.10. The van der Waals surface area contributed by atoms with Gasteiger partial charge in [0.1, 0.15) is 16.2 Å². The lowest BCUT2D eigenvalue weighted by Gasteiger charge is -2.18. The van der Waals surface area contributed by atoms with Gasteiger partial charge in [0.05, 0.1) is 0 Å². The van der Waals surface area contributed by atoms with Crippen LogP contribution in [0.1, 0.15) is 30.7 Å². The lowest BCUT2D eigenvalue weighted by molar-refractivity contribution is 0.773. The number of aryl methyl sites for hydroxylation is 1. The smallest absolute Gasteiger partial charge is 0.133 e. The van der Waals surface area contributed by atoms with Gasteiger partial charge >= 0.3 is 0 Å². The van der Waals surface area contributed by atoms with Crippen molar-refractivity contribution in [2.75, 3.05) is 18.0 Å². The molecule has 3 nitrogen and oxygen atoms in total. The summed E-state index contributed by atoms with van der Waals surface area (Å²) in [6.07, 6.45) is 2.05. The standard InChI is InChI=1S/C16H18BrN3/c1-2-15-18-14(17)10-16(19-15)20-9-8-13(11-20)12-6-4-3-5-7-12/h3-7,10,13H,2,8-9,11H2,1H3. The Morgan fingerprint density at radius 3 is 2.80 bits per heavy atom. The zero-order valence-corrected chi connectivity index (χ0v) is 13.2. The minimum absolute atomic E-state index is 0.606. The second-order valence-electron chi connectivity index (χ2n) is 5.16. The number of halogens is 1. The van der Waals surface area contributed by atoms with Crippen molar-refractivity contribution >= 4 is 21.7 Å². The monoisotopic (exact) mass is 331 g/mol. The zero-order valence-electron chi connectivity index (χ0n) is 11.6. The van der Waals surface area contributed by atoms with Gasteiger partial charge < -0.3 is 4.90 Å². The number of benzene rings is 1. The molecule has 0 radical (unpaired) electrons. The Hall–Kier alpha value is -1.42. The summed E-state index contributed by atoms with van der Waals surface area (Å²) in [5.41, 5.74) is 1.43. The second kappa shape index (κ2) is 5.92. The maximum atomic E-state index is 4.65. The SMILES string of the molecule is CCc1nc(Br)cc(N2CCC(c3ccccc3)C2)n1. The van der Waals surface area contributed by atoms with Gasteiger partial charge in [-0.1, -0.05) is 37.3 Å². The Balaban J connectivity index is 1.79. The Kier molecular flexibility index (Phi) is 4.01. The van der Waals surface area contributed by atoms with Crippen LogP contribution in [0.2, 0.25) is 0 Å². The Bertz CT molecular complexity index is 586. The first-order chi connectivity index (χ1) is 9.76. The molecule has 20 heavy (non-hydrogen) atoms. The molecule has 1 aromatic heterocycles. The number of hydrogen-bond donors (Lipinski definition) is 0. The van der Waals surface area contributed by atoms with E-state index in [1.54, 1.807) is 0 Å². The predicted octanol–water partition coefficient (Wildman–Crippen LogP) is 3.80. The molecule has 1 saturated heterocycles. The number of hydrogen-bond acceptors (Lipinski definition) is 3. The van der Waals surface area contributed by atoms with Crippen LogP contribution in [0, 0.1) is 0 Å². The fourth-order valence-corrected chi connectivity index (χ4v) is 3.15. The molecule has 1 aliphatic heterocycles. The first-order valence-corrected chi connectivity index (χ1v) is 7.89. The van der Waals surface area contributed by atoms with Crippen molar-refractivity contribution in [3.63, 3.8) is 0 Å². The van der Waals surface area contributed by atoms with Crippen molar-refractivity contribution in [2.24, 2.45) is 0 Å². The van der Waals surface area contributed by atoms with Crippen LogP contribution < -0.4 is 4.90 Å². The quantitative estimate of drug-likeness (QED) is 0.801. The number of rotatable bonds is 3. The molecule has 2 heterocycles. The third kappa shape index (κ3) is 2.85. The molecule has 1 aliphatic rings. The lowest BCUT2D eigenvalue weighted by Crippen LogP contribution is -2.21. The maximum Gasteiger partial charge on any atom is 0.133 e. The van der Waals surface area contributed by atoms with Crippen LogP contribution in [0.4, 0.5) is 5.82 Å². The summed E-state index contributed by atoms with van der Waals surface area (Å²) in [6, 6.07) is 12.8. The topological polar surface area (TPSA) is 29.0 Å².